The molecule has 132 valence electrons. The van der Waals surface area contributed by atoms with E-state index in [2.05, 4.69) is 31.2 Å². The van der Waals surface area contributed by atoms with Crippen LogP contribution in [0, 0.1) is 5.92 Å². The lowest BCUT2D eigenvalue weighted by atomic mass is 9.99. The molecule has 0 aliphatic carbocycles. The van der Waals surface area contributed by atoms with E-state index in [4.69, 9.17) is 9.47 Å². The minimum Gasteiger partial charge on any atom is -0.463 e. The molecule has 1 atom stereocenters. The Kier molecular flexibility index (Phi) is 6.25. The van der Waals surface area contributed by atoms with E-state index in [0.29, 0.717) is 25.1 Å². The zero-order chi connectivity index (χ0) is 16.8. The summed E-state index contributed by atoms with van der Waals surface area (Å²) in [6.45, 7) is 3.51. The van der Waals surface area contributed by atoms with Crippen LogP contribution in [-0.2, 0) is 4.74 Å². The summed E-state index contributed by atoms with van der Waals surface area (Å²) >= 11 is 3.30. The van der Waals surface area contributed by atoms with Crippen LogP contribution in [0.2, 0.25) is 0 Å². The summed E-state index contributed by atoms with van der Waals surface area (Å²) in [7, 11) is 0. The zero-order valence-electron chi connectivity index (χ0n) is 13.6. The number of amides is 2. The molecular formula is C16H23BrN4O3. The van der Waals surface area contributed by atoms with Gasteiger partial charge in [0.05, 0.1) is 11.1 Å². The fraction of sp³-hybridized carbons (Fsp3) is 0.688. The first-order valence-electron chi connectivity index (χ1n) is 8.44. The van der Waals surface area contributed by atoms with Gasteiger partial charge in [0.25, 0.3) is 0 Å². The van der Waals surface area contributed by atoms with Crippen LogP contribution in [0.3, 0.4) is 0 Å². The van der Waals surface area contributed by atoms with E-state index in [1.54, 1.807) is 12.4 Å². The number of carbonyl (C=O) groups is 1. The Hall–Kier alpha value is -1.41. The highest BCUT2D eigenvalue weighted by Crippen LogP contribution is 2.18. The molecule has 3 rings (SSSR count). The van der Waals surface area contributed by atoms with Crippen LogP contribution in [-0.4, -0.2) is 59.9 Å². The summed E-state index contributed by atoms with van der Waals surface area (Å²) in [4.78, 5) is 22.5. The Morgan fingerprint density at radius 2 is 2.08 bits per heavy atom. The van der Waals surface area contributed by atoms with E-state index in [-0.39, 0.29) is 12.1 Å². The predicted molar refractivity (Wildman–Crippen MR) is 91.9 cm³/mol. The van der Waals surface area contributed by atoms with Gasteiger partial charge in [0.1, 0.15) is 0 Å². The fourth-order valence-corrected chi connectivity index (χ4v) is 3.27. The summed E-state index contributed by atoms with van der Waals surface area (Å²) < 4.78 is 11.8. The Morgan fingerprint density at radius 3 is 2.83 bits per heavy atom. The number of hydrogen-bond acceptors (Lipinski definition) is 5. The van der Waals surface area contributed by atoms with Crippen LogP contribution >= 0.6 is 15.9 Å². The van der Waals surface area contributed by atoms with E-state index in [9.17, 15) is 4.79 Å². The molecule has 1 aromatic rings. The smallest absolute Gasteiger partial charge is 0.317 e. The second-order valence-corrected chi connectivity index (χ2v) is 7.20. The third-order valence-corrected chi connectivity index (χ3v) is 4.81. The van der Waals surface area contributed by atoms with Gasteiger partial charge in [-0.2, -0.15) is 0 Å². The lowest BCUT2D eigenvalue weighted by Gasteiger charge is -2.34. The molecule has 3 heterocycles. The first kappa shape index (κ1) is 17.4. The Labute approximate surface area is 150 Å². The monoisotopic (exact) mass is 398 g/mol. The quantitative estimate of drug-likeness (QED) is 0.840. The number of rotatable bonds is 4. The second-order valence-electron chi connectivity index (χ2n) is 6.29. The van der Waals surface area contributed by atoms with Crippen molar-refractivity contribution in [1.82, 2.24) is 20.2 Å². The Morgan fingerprint density at radius 1 is 1.33 bits per heavy atom. The highest BCUT2D eigenvalue weighted by molar-refractivity contribution is 9.10. The lowest BCUT2D eigenvalue weighted by Crippen LogP contribution is -2.50. The highest BCUT2D eigenvalue weighted by Gasteiger charge is 2.26. The van der Waals surface area contributed by atoms with Gasteiger partial charge >= 0.3 is 12.0 Å². The predicted octanol–water partition coefficient (Wildman–Crippen LogP) is 2.22. The van der Waals surface area contributed by atoms with E-state index in [1.807, 2.05) is 4.90 Å². The third kappa shape index (κ3) is 5.04. The van der Waals surface area contributed by atoms with Gasteiger partial charge in [0.15, 0.2) is 0 Å². The van der Waals surface area contributed by atoms with Gasteiger partial charge in [0, 0.05) is 50.7 Å². The molecule has 0 saturated carbocycles. The van der Waals surface area contributed by atoms with Crippen molar-refractivity contribution < 1.29 is 14.3 Å². The maximum Gasteiger partial charge on any atom is 0.317 e. The number of nitrogens with zero attached hydrogens (tertiary/aromatic N) is 3. The maximum absolute atomic E-state index is 12.4. The lowest BCUT2D eigenvalue weighted by molar-refractivity contribution is 0.0758. The average Bonchev–Trinajstić information content (AvgIpc) is 2.62. The van der Waals surface area contributed by atoms with Crippen molar-refractivity contribution in [3.63, 3.8) is 0 Å². The number of ether oxygens (including phenoxy) is 2. The van der Waals surface area contributed by atoms with Crippen LogP contribution in [0.15, 0.2) is 16.9 Å². The summed E-state index contributed by atoms with van der Waals surface area (Å²) in [5.74, 6) is 0.312. The van der Waals surface area contributed by atoms with E-state index in [1.165, 1.54) is 0 Å². The summed E-state index contributed by atoms with van der Waals surface area (Å²) in [6.07, 6.45) is 7.17. The van der Waals surface area contributed by atoms with E-state index in [0.717, 1.165) is 49.9 Å². The van der Waals surface area contributed by atoms with E-state index >= 15 is 0 Å². The number of piperidine rings is 1. The molecule has 1 aromatic heterocycles. The molecule has 0 bridgehead atoms. The van der Waals surface area contributed by atoms with Crippen molar-refractivity contribution in [1.29, 1.82) is 0 Å². The minimum atomic E-state index is 0.0338. The van der Waals surface area contributed by atoms with Crippen molar-refractivity contribution in [2.24, 2.45) is 5.92 Å². The maximum atomic E-state index is 12.4. The number of urea groups is 1. The van der Waals surface area contributed by atoms with Crippen LogP contribution < -0.4 is 10.1 Å². The Bertz CT molecular complexity index is 537. The molecular weight excluding hydrogens is 376 g/mol. The Balaban J connectivity index is 1.44. The third-order valence-electron chi connectivity index (χ3n) is 4.40. The van der Waals surface area contributed by atoms with E-state index < -0.39 is 0 Å². The number of halogens is 1. The van der Waals surface area contributed by atoms with Gasteiger partial charge in [-0.25, -0.2) is 14.8 Å². The normalized spacial score (nSPS) is 22.2. The second kappa shape index (κ2) is 8.62. The van der Waals surface area contributed by atoms with Crippen molar-refractivity contribution in [3.05, 3.63) is 16.9 Å². The molecule has 24 heavy (non-hydrogen) atoms. The first-order valence-corrected chi connectivity index (χ1v) is 9.23. The van der Waals surface area contributed by atoms with Gasteiger partial charge in [0.2, 0.25) is 0 Å². The van der Waals surface area contributed by atoms with Crippen molar-refractivity contribution in [3.8, 4) is 6.01 Å². The van der Waals surface area contributed by atoms with Gasteiger partial charge in [-0.05, 0) is 41.6 Å². The van der Waals surface area contributed by atoms with Gasteiger partial charge in [-0.3, -0.25) is 0 Å². The highest BCUT2D eigenvalue weighted by atomic mass is 79.9. The number of carbonyl (C=O) groups excluding carboxylic acids is 1. The number of hydrogen-bond donors (Lipinski definition) is 1. The number of aromatic nitrogens is 2. The topological polar surface area (TPSA) is 76.6 Å². The molecule has 0 aromatic carbocycles. The summed E-state index contributed by atoms with van der Waals surface area (Å²) in [6, 6.07) is 0.646. The van der Waals surface area contributed by atoms with Gasteiger partial charge in [-0.1, -0.05) is 0 Å². The van der Waals surface area contributed by atoms with Crippen molar-refractivity contribution >= 4 is 22.0 Å². The number of likely N-dealkylation sites (tertiary alicyclic amines) is 1. The summed E-state index contributed by atoms with van der Waals surface area (Å²) in [5, 5.41) is 3.13. The molecule has 1 N–H and O–H groups in total. The molecule has 7 nitrogen and oxygen atoms in total. The summed E-state index contributed by atoms with van der Waals surface area (Å²) in [5.41, 5.74) is 0. The fourth-order valence-electron chi connectivity index (χ4n) is 3.06. The molecule has 0 radical (unpaired) electrons. The van der Waals surface area contributed by atoms with Crippen LogP contribution in [0.1, 0.15) is 25.7 Å². The van der Waals surface area contributed by atoms with Gasteiger partial charge < -0.3 is 19.7 Å². The largest absolute Gasteiger partial charge is 0.463 e. The average molecular weight is 399 g/mol. The zero-order valence-corrected chi connectivity index (χ0v) is 15.2. The SMILES string of the molecule is O=C(NC1CCOCC1)N1CCCC(COc2ncc(Br)cn2)C1. The number of nitrogens with one attached hydrogen (secondary N) is 1. The minimum absolute atomic E-state index is 0.0338. The van der Waals surface area contributed by atoms with Gasteiger partial charge in [-0.15, -0.1) is 0 Å². The van der Waals surface area contributed by atoms with Crippen LogP contribution in [0.4, 0.5) is 4.79 Å². The molecule has 8 heteroatoms. The van der Waals surface area contributed by atoms with Crippen LogP contribution in [0.25, 0.3) is 0 Å². The molecule has 2 aliphatic rings. The standard InChI is InChI=1S/C16H23BrN4O3/c17-13-8-18-15(19-9-13)24-11-12-2-1-5-21(10-12)16(22)20-14-3-6-23-7-4-14/h8-9,12,14H,1-7,10-11H2,(H,20,22). The molecule has 2 fully saturated rings. The molecule has 0 spiro atoms. The molecule has 1 unspecified atom stereocenters. The van der Waals surface area contributed by atoms with Crippen molar-refractivity contribution in [2.45, 2.75) is 31.7 Å². The molecule has 2 aliphatic heterocycles. The first-order chi connectivity index (χ1) is 11.7. The van der Waals surface area contributed by atoms with Crippen LogP contribution in [0.5, 0.6) is 6.01 Å². The molecule has 2 saturated heterocycles. The van der Waals surface area contributed by atoms with Crippen molar-refractivity contribution in [2.75, 3.05) is 32.9 Å². The molecule has 2 amide bonds.